The Labute approximate surface area is 94.6 Å². The molecule has 2 rings (SSSR count). The molecule has 1 aromatic rings. The van der Waals surface area contributed by atoms with Crippen molar-refractivity contribution in [2.45, 2.75) is 19.8 Å². The highest BCUT2D eigenvalue weighted by molar-refractivity contribution is 5.39. The Balaban J connectivity index is 2.21. The van der Waals surface area contributed by atoms with Crippen molar-refractivity contribution in [2.75, 3.05) is 6.54 Å². The molecule has 16 heavy (non-hydrogen) atoms. The summed E-state index contributed by atoms with van der Waals surface area (Å²) in [6, 6.07) is 6.83. The molecule has 1 aromatic carbocycles. The molecule has 0 saturated heterocycles. The fourth-order valence-electron chi connectivity index (χ4n) is 2.65. The molecule has 1 fully saturated rings. The fourth-order valence-corrected chi connectivity index (χ4v) is 2.65. The van der Waals surface area contributed by atoms with Crippen LogP contribution in [0.4, 0.5) is 5.69 Å². The average Bonchev–Trinajstić information content (AvgIpc) is 2.80. The van der Waals surface area contributed by atoms with Crippen molar-refractivity contribution in [3.8, 4) is 0 Å². The van der Waals surface area contributed by atoms with Crippen LogP contribution in [0.1, 0.15) is 25.3 Å². The van der Waals surface area contributed by atoms with Gasteiger partial charge in [-0.05, 0) is 29.4 Å². The Bertz CT molecular complexity index is 412. The SMILES string of the molecule is CC1(C)C(CN)C1c1ccc([N+](=O)[O-])cc1. The van der Waals surface area contributed by atoms with Gasteiger partial charge in [0.05, 0.1) is 4.92 Å². The molecule has 4 nitrogen and oxygen atoms in total. The molecule has 0 aliphatic heterocycles. The summed E-state index contributed by atoms with van der Waals surface area (Å²) in [4.78, 5) is 10.2. The van der Waals surface area contributed by atoms with E-state index in [2.05, 4.69) is 13.8 Å². The number of nitro benzene ring substituents is 1. The molecule has 0 bridgehead atoms. The molecule has 0 amide bonds. The van der Waals surface area contributed by atoms with Gasteiger partial charge in [-0.1, -0.05) is 26.0 Å². The van der Waals surface area contributed by atoms with E-state index in [1.807, 2.05) is 12.1 Å². The lowest BCUT2D eigenvalue weighted by atomic mass is 10.0. The molecule has 2 N–H and O–H groups in total. The molecule has 86 valence electrons. The third kappa shape index (κ3) is 1.59. The summed E-state index contributed by atoms with van der Waals surface area (Å²) in [6.07, 6.45) is 0. The number of nitrogens with zero attached hydrogens (tertiary/aromatic N) is 1. The van der Waals surface area contributed by atoms with E-state index >= 15 is 0 Å². The van der Waals surface area contributed by atoms with E-state index in [0.29, 0.717) is 18.4 Å². The molecular formula is C12H16N2O2. The highest BCUT2D eigenvalue weighted by atomic mass is 16.6. The van der Waals surface area contributed by atoms with E-state index in [4.69, 9.17) is 5.73 Å². The van der Waals surface area contributed by atoms with Gasteiger partial charge in [-0.25, -0.2) is 0 Å². The summed E-state index contributed by atoms with van der Waals surface area (Å²) in [5, 5.41) is 10.5. The minimum absolute atomic E-state index is 0.145. The maximum absolute atomic E-state index is 10.5. The van der Waals surface area contributed by atoms with Crippen molar-refractivity contribution >= 4 is 5.69 Å². The summed E-state index contributed by atoms with van der Waals surface area (Å²) in [6.45, 7) is 5.06. The van der Waals surface area contributed by atoms with Gasteiger partial charge in [0.15, 0.2) is 0 Å². The minimum atomic E-state index is -0.373. The molecule has 1 saturated carbocycles. The van der Waals surface area contributed by atoms with Crippen molar-refractivity contribution in [3.63, 3.8) is 0 Å². The van der Waals surface area contributed by atoms with Crippen LogP contribution in [-0.4, -0.2) is 11.5 Å². The quantitative estimate of drug-likeness (QED) is 0.627. The Hall–Kier alpha value is -1.42. The van der Waals surface area contributed by atoms with Gasteiger partial charge < -0.3 is 5.73 Å². The number of hydrogen-bond donors (Lipinski definition) is 1. The third-order valence-corrected chi connectivity index (χ3v) is 3.77. The zero-order chi connectivity index (χ0) is 11.9. The summed E-state index contributed by atoms with van der Waals surface area (Å²) in [5.41, 5.74) is 7.24. The number of hydrogen-bond acceptors (Lipinski definition) is 3. The first-order valence-corrected chi connectivity index (χ1v) is 5.43. The van der Waals surface area contributed by atoms with Crippen LogP contribution in [0.25, 0.3) is 0 Å². The average molecular weight is 220 g/mol. The van der Waals surface area contributed by atoms with E-state index < -0.39 is 0 Å². The Morgan fingerprint density at radius 1 is 1.38 bits per heavy atom. The highest BCUT2D eigenvalue weighted by Gasteiger charge is 2.57. The first kappa shape index (κ1) is 11.1. The summed E-state index contributed by atoms with van der Waals surface area (Å²) in [5.74, 6) is 0.937. The van der Waals surface area contributed by atoms with Gasteiger partial charge in [-0.3, -0.25) is 10.1 Å². The normalized spacial score (nSPS) is 26.4. The molecule has 1 aliphatic carbocycles. The van der Waals surface area contributed by atoms with Crippen molar-refractivity contribution in [1.29, 1.82) is 0 Å². The standard InChI is InChI=1S/C12H16N2O2/c1-12(2)10(7-13)11(12)8-3-5-9(6-4-8)14(15)16/h3-6,10-11H,7,13H2,1-2H3. The molecule has 2 unspecified atom stereocenters. The van der Waals surface area contributed by atoms with Crippen LogP contribution in [0.15, 0.2) is 24.3 Å². The van der Waals surface area contributed by atoms with Gasteiger partial charge in [-0.2, -0.15) is 0 Å². The smallest absolute Gasteiger partial charge is 0.269 e. The highest BCUT2D eigenvalue weighted by Crippen LogP contribution is 2.63. The molecular weight excluding hydrogens is 204 g/mol. The van der Waals surface area contributed by atoms with Gasteiger partial charge in [0.2, 0.25) is 0 Å². The zero-order valence-corrected chi connectivity index (χ0v) is 9.51. The predicted octanol–water partition coefficient (Wildman–Crippen LogP) is 2.29. The predicted molar refractivity (Wildman–Crippen MR) is 62.2 cm³/mol. The molecule has 0 heterocycles. The number of non-ortho nitro benzene ring substituents is 1. The lowest BCUT2D eigenvalue weighted by Crippen LogP contribution is -2.05. The van der Waals surface area contributed by atoms with E-state index in [0.717, 1.165) is 5.56 Å². The Kier molecular flexibility index (Phi) is 2.46. The van der Waals surface area contributed by atoms with Gasteiger partial charge in [0.1, 0.15) is 0 Å². The largest absolute Gasteiger partial charge is 0.330 e. The molecule has 0 spiro atoms. The van der Waals surface area contributed by atoms with Crippen LogP contribution in [-0.2, 0) is 0 Å². The molecule has 0 radical (unpaired) electrons. The first-order chi connectivity index (χ1) is 7.48. The lowest BCUT2D eigenvalue weighted by molar-refractivity contribution is -0.384. The van der Waals surface area contributed by atoms with Crippen LogP contribution in [0.2, 0.25) is 0 Å². The molecule has 4 heteroatoms. The van der Waals surface area contributed by atoms with E-state index in [-0.39, 0.29) is 16.0 Å². The van der Waals surface area contributed by atoms with Crippen LogP contribution in [0.3, 0.4) is 0 Å². The second-order valence-electron chi connectivity index (χ2n) is 4.99. The van der Waals surface area contributed by atoms with Gasteiger partial charge >= 0.3 is 0 Å². The maximum Gasteiger partial charge on any atom is 0.269 e. The fraction of sp³-hybridized carbons (Fsp3) is 0.500. The summed E-state index contributed by atoms with van der Waals surface area (Å²) in [7, 11) is 0. The summed E-state index contributed by atoms with van der Waals surface area (Å²) < 4.78 is 0. The lowest BCUT2D eigenvalue weighted by Gasteiger charge is -2.02. The van der Waals surface area contributed by atoms with Crippen molar-refractivity contribution in [1.82, 2.24) is 0 Å². The third-order valence-electron chi connectivity index (χ3n) is 3.77. The van der Waals surface area contributed by atoms with Crippen LogP contribution < -0.4 is 5.73 Å². The van der Waals surface area contributed by atoms with E-state index in [1.165, 1.54) is 0 Å². The van der Waals surface area contributed by atoms with Gasteiger partial charge in [0, 0.05) is 12.1 Å². The monoisotopic (exact) mass is 220 g/mol. The van der Waals surface area contributed by atoms with E-state index in [1.54, 1.807) is 12.1 Å². The number of nitrogens with two attached hydrogens (primary N) is 1. The first-order valence-electron chi connectivity index (χ1n) is 5.43. The maximum atomic E-state index is 10.5. The van der Waals surface area contributed by atoms with Crippen LogP contribution in [0.5, 0.6) is 0 Å². The summed E-state index contributed by atoms with van der Waals surface area (Å²) >= 11 is 0. The number of benzene rings is 1. The van der Waals surface area contributed by atoms with Gasteiger partial charge in [0.25, 0.3) is 5.69 Å². The van der Waals surface area contributed by atoms with Crippen LogP contribution >= 0.6 is 0 Å². The Morgan fingerprint density at radius 3 is 2.31 bits per heavy atom. The molecule has 0 aromatic heterocycles. The Morgan fingerprint density at radius 2 is 1.94 bits per heavy atom. The molecule has 1 aliphatic rings. The van der Waals surface area contributed by atoms with Crippen molar-refractivity contribution in [2.24, 2.45) is 17.1 Å². The van der Waals surface area contributed by atoms with Gasteiger partial charge in [-0.15, -0.1) is 0 Å². The van der Waals surface area contributed by atoms with Crippen molar-refractivity contribution in [3.05, 3.63) is 39.9 Å². The van der Waals surface area contributed by atoms with E-state index in [9.17, 15) is 10.1 Å². The molecule has 2 atom stereocenters. The number of rotatable bonds is 3. The van der Waals surface area contributed by atoms with Crippen LogP contribution in [0, 0.1) is 21.4 Å². The topological polar surface area (TPSA) is 69.2 Å². The number of nitro groups is 1. The second-order valence-corrected chi connectivity index (χ2v) is 4.99. The van der Waals surface area contributed by atoms with Crippen molar-refractivity contribution < 1.29 is 4.92 Å². The zero-order valence-electron chi connectivity index (χ0n) is 9.51. The minimum Gasteiger partial charge on any atom is -0.330 e. The second kappa shape index (κ2) is 3.56.